The molecule has 0 saturated carbocycles. The van der Waals surface area contributed by atoms with Gasteiger partial charge in [0.15, 0.2) is 5.78 Å². The van der Waals surface area contributed by atoms with Crippen molar-refractivity contribution < 1.29 is 19.5 Å². The van der Waals surface area contributed by atoms with Crippen molar-refractivity contribution in [2.45, 2.75) is 0 Å². The van der Waals surface area contributed by atoms with Crippen molar-refractivity contribution in [2.24, 2.45) is 0 Å². The number of aromatic hydroxyl groups is 1. The van der Waals surface area contributed by atoms with E-state index in [1.807, 2.05) is 0 Å². The number of carbonyl (C=O) groups excluding carboxylic acids is 3. The quantitative estimate of drug-likeness (QED) is 0.648. The van der Waals surface area contributed by atoms with Gasteiger partial charge in [-0.15, -0.1) is 0 Å². The van der Waals surface area contributed by atoms with E-state index in [-0.39, 0.29) is 23.0 Å². The Kier molecular flexibility index (Phi) is 4.92. The minimum atomic E-state index is -0.555. The Labute approximate surface area is 152 Å². The molecule has 1 heterocycles. The van der Waals surface area contributed by atoms with Crippen LogP contribution >= 0.6 is 23.4 Å². The summed E-state index contributed by atoms with van der Waals surface area (Å²) in [6.07, 6.45) is 1.44. The number of imide groups is 1. The van der Waals surface area contributed by atoms with Gasteiger partial charge < -0.3 is 5.11 Å². The molecule has 1 saturated heterocycles. The number of nitrogens with zero attached hydrogens (tertiary/aromatic N) is 1. The lowest BCUT2D eigenvalue weighted by atomic mass is 10.1. The third kappa shape index (κ3) is 3.75. The van der Waals surface area contributed by atoms with Crippen LogP contribution in [0.5, 0.6) is 5.75 Å². The minimum Gasteiger partial charge on any atom is -0.507 e. The van der Waals surface area contributed by atoms with Crippen molar-refractivity contribution >= 4 is 46.4 Å². The molecule has 0 aromatic heterocycles. The second kappa shape index (κ2) is 7.13. The van der Waals surface area contributed by atoms with Crippen LogP contribution in [0.25, 0.3) is 6.08 Å². The maximum absolute atomic E-state index is 12.4. The molecule has 126 valence electrons. The topological polar surface area (TPSA) is 74.7 Å². The van der Waals surface area contributed by atoms with Crippen LogP contribution in [0.1, 0.15) is 15.9 Å². The molecule has 5 nitrogen and oxygen atoms in total. The molecule has 0 aliphatic carbocycles. The van der Waals surface area contributed by atoms with Crippen LogP contribution < -0.4 is 0 Å². The second-order valence-electron chi connectivity index (χ2n) is 5.26. The number of amides is 2. The first-order chi connectivity index (χ1) is 12.0. The summed E-state index contributed by atoms with van der Waals surface area (Å²) in [5.41, 5.74) is 0.796. The van der Waals surface area contributed by atoms with Crippen LogP contribution in [0.4, 0.5) is 4.79 Å². The van der Waals surface area contributed by atoms with Crippen molar-refractivity contribution in [1.29, 1.82) is 0 Å². The Morgan fingerprint density at radius 1 is 1.12 bits per heavy atom. The number of phenols is 1. The van der Waals surface area contributed by atoms with Gasteiger partial charge in [0, 0.05) is 16.1 Å². The van der Waals surface area contributed by atoms with Crippen LogP contribution in [0.2, 0.25) is 5.02 Å². The highest BCUT2D eigenvalue weighted by Gasteiger charge is 2.36. The molecule has 1 aliphatic rings. The number of carbonyl (C=O) groups is 3. The van der Waals surface area contributed by atoms with Gasteiger partial charge in [-0.05, 0) is 48.2 Å². The molecule has 3 rings (SSSR count). The highest BCUT2D eigenvalue weighted by atomic mass is 35.5. The summed E-state index contributed by atoms with van der Waals surface area (Å²) in [7, 11) is 0. The summed E-state index contributed by atoms with van der Waals surface area (Å²) < 4.78 is 0. The number of thioether (sulfide) groups is 1. The Hall–Kier alpha value is -2.57. The SMILES string of the molecule is O=C(CN1C(=O)SC(=Cc2ccccc2O)C1=O)c1ccc(Cl)cc1. The summed E-state index contributed by atoms with van der Waals surface area (Å²) in [4.78, 5) is 37.8. The molecule has 2 aromatic rings. The Morgan fingerprint density at radius 2 is 1.80 bits per heavy atom. The number of rotatable bonds is 4. The van der Waals surface area contributed by atoms with Crippen LogP contribution in [-0.4, -0.2) is 33.5 Å². The van der Waals surface area contributed by atoms with Gasteiger partial charge in [-0.2, -0.15) is 0 Å². The molecule has 7 heteroatoms. The van der Waals surface area contributed by atoms with E-state index in [4.69, 9.17) is 11.6 Å². The Morgan fingerprint density at radius 3 is 2.48 bits per heavy atom. The lowest BCUT2D eigenvalue weighted by molar-refractivity contribution is -0.122. The lowest BCUT2D eigenvalue weighted by Gasteiger charge is -2.11. The summed E-state index contributed by atoms with van der Waals surface area (Å²) in [5.74, 6) is -0.908. The number of benzene rings is 2. The molecule has 0 atom stereocenters. The van der Waals surface area contributed by atoms with E-state index >= 15 is 0 Å². The average molecular weight is 374 g/mol. The second-order valence-corrected chi connectivity index (χ2v) is 6.69. The zero-order valence-corrected chi connectivity index (χ0v) is 14.4. The highest BCUT2D eigenvalue weighted by Crippen LogP contribution is 2.33. The van der Waals surface area contributed by atoms with Crippen LogP contribution in [0, 0.1) is 0 Å². The Balaban J connectivity index is 1.79. The molecular formula is C18H12ClNO4S. The van der Waals surface area contributed by atoms with E-state index in [2.05, 4.69) is 0 Å². The maximum atomic E-state index is 12.4. The summed E-state index contributed by atoms with van der Waals surface area (Å²) in [5, 5.41) is 9.75. The number of para-hydroxylation sites is 1. The van der Waals surface area contributed by atoms with Crippen molar-refractivity contribution in [3.05, 3.63) is 69.6 Å². The van der Waals surface area contributed by atoms with E-state index in [1.165, 1.54) is 12.1 Å². The van der Waals surface area contributed by atoms with Gasteiger partial charge in [0.25, 0.3) is 11.1 Å². The predicted octanol–water partition coefficient (Wildman–Crippen LogP) is 3.96. The monoisotopic (exact) mass is 373 g/mol. The number of Topliss-reactive ketones (excluding diaryl/α,β-unsaturated/α-hetero) is 1. The number of halogens is 1. The van der Waals surface area contributed by atoms with Crippen molar-refractivity contribution in [3.63, 3.8) is 0 Å². The first-order valence-corrected chi connectivity index (χ1v) is 8.47. The fraction of sp³-hybridized carbons (Fsp3) is 0.0556. The first kappa shape index (κ1) is 17.3. The van der Waals surface area contributed by atoms with Crippen LogP contribution in [0.15, 0.2) is 53.4 Å². The van der Waals surface area contributed by atoms with E-state index in [1.54, 1.807) is 42.5 Å². The van der Waals surface area contributed by atoms with Crippen molar-refractivity contribution in [3.8, 4) is 5.75 Å². The zero-order chi connectivity index (χ0) is 18.0. The van der Waals surface area contributed by atoms with Gasteiger partial charge in [0.1, 0.15) is 5.75 Å². The van der Waals surface area contributed by atoms with Crippen LogP contribution in [0.3, 0.4) is 0 Å². The first-order valence-electron chi connectivity index (χ1n) is 7.28. The third-order valence-electron chi connectivity index (χ3n) is 3.56. The molecule has 1 fully saturated rings. The largest absolute Gasteiger partial charge is 0.507 e. The number of hydrogen-bond donors (Lipinski definition) is 1. The third-order valence-corrected chi connectivity index (χ3v) is 4.72. The zero-order valence-electron chi connectivity index (χ0n) is 12.8. The van der Waals surface area contributed by atoms with Crippen molar-refractivity contribution in [2.75, 3.05) is 6.54 Å². The average Bonchev–Trinajstić information content (AvgIpc) is 2.85. The number of phenolic OH excluding ortho intramolecular Hbond substituents is 1. The van der Waals surface area contributed by atoms with E-state index < -0.39 is 11.1 Å². The van der Waals surface area contributed by atoms with Gasteiger partial charge >= 0.3 is 0 Å². The van der Waals surface area contributed by atoms with Crippen molar-refractivity contribution in [1.82, 2.24) is 4.90 Å². The highest BCUT2D eigenvalue weighted by molar-refractivity contribution is 8.18. The van der Waals surface area contributed by atoms with Gasteiger partial charge in [0.05, 0.1) is 11.4 Å². The molecule has 0 spiro atoms. The number of ketones is 1. The maximum Gasteiger partial charge on any atom is 0.293 e. The van der Waals surface area contributed by atoms with Crippen LogP contribution in [-0.2, 0) is 4.79 Å². The smallest absolute Gasteiger partial charge is 0.293 e. The normalized spacial score (nSPS) is 15.9. The van der Waals surface area contributed by atoms with E-state index in [0.29, 0.717) is 16.1 Å². The predicted molar refractivity (Wildman–Crippen MR) is 96.6 cm³/mol. The fourth-order valence-electron chi connectivity index (χ4n) is 2.26. The summed E-state index contributed by atoms with van der Waals surface area (Å²) >= 11 is 6.52. The molecular weight excluding hydrogens is 362 g/mol. The molecule has 1 N–H and O–H groups in total. The van der Waals surface area contributed by atoms with Gasteiger partial charge in [-0.3, -0.25) is 19.3 Å². The molecule has 25 heavy (non-hydrogen) atoms. The molecule has 0 unspecified atom stereocenters. The lowest BCUT2D eigenvalue weighted by Crippen LogP contribution is -2.33. The molecule has 0 bridgehead atoms. The van der Waals surface area contributed by atoms with Gasteiger partial charge in [0.2, 0.25) is 0 Å². The van der Waals surface area contributed by atoms with E-state index in [0.717, 1.165) is 16.7 Å². The number of hydrogen-bond acceptors (Lipinski definition) is 5. The van der Waals surface area contributed by atoms with E-state index in [9.17, 15) is 19.5 Å². The summed E-state index contributed by atoms with van der Waals surface area (Å²) in [6.45, 7) is -0.343. The van der Waals surface area contributed by atoms with Gasteiger partial charge in [-0.25, -0.2) is 0 Å². The Bertz CT molecular complexity index is 892. The molecule has 2 aromatic carbocycles. The minimum absolute atomic E-state index is 0.00606. The van der Waals surface area contributed by atoms with Gasteiger partial charge in [-0.1, -0.05) is 29.8 Å². The molecule has 2 amide bonds. The molecule has 1 aliphatic heterocycles. The fourth-order valence-corrected chi connectivity index (χ4v) is 3.21. The standard InChI is InChI=1S/C18H12ClNO4S/c19-13-7-5-11(6-8-13)15(22)10-20-17(23)16(25-18(20)24)9-12-3-1-2-4-14(12)21/h1-9,21H,10H2. The molecule has 0 radical (unpaired) electrons. The summed E-state index contributed by atoms with van der Waals surface area (Å²) in [6, 6.07) is 12.7.